The first-order valence-electron chi connectivity index (χ1n) is 7.13. The Morgan fingerprint density at radius 2 is 1.16 bits per heavy atom. The molecule has 116 valence electrons. The standard InChI is InChI=1S/C12H33O3PSi3/c1-17(2,3)12-10-11-16(13,14-18(4,5)6)15-19(7,8)9/h10-12H2,1-9H3. The van der Waals surface area contributed by atoms with E-state index in [0.717, 1.165) is 6.42 Å². The highest BCUT2D eigenvalue weighted by atomic mass is 31.2. The molecule has 0 heterocycles. The summed E-state index contributed by atoms with van der Waals surface area (Å²) in [4.78, 5) is 0. The highest BCUT2D eigenvalue weighted by Crippen LogP contribution is 2.53. The van der Waals surface area contributed by atoms with Gasteiger partial charge in [0.1, 0.15) is 0 Å². The molecule has 0 aliphatic rings. The second-order valence-corrected chi connectivity index (χ2v) is 25.6. The van der Waals surface area contributed by atoms with E-state index in [4.69, 9.17) is 8.43 Å². The Hall–Kier alpha value is 0.801. The Morgan fingerprint density at radius 1 is 0.789 bits per heavy atom. The van der Waals surface area contributed by atoms with Gasteiger partial charge >= 0.3 is 7.60 Å². The fourth-order valence-corrected chi connectivity index (χ4v) is 11.7. The molecule has 7 heteroatoms. The average Bonchev–Trinajstić information content (AvgIpc) is 1.90. The normalized spacial score (nSPS) is 14.8. The van der Waals surface area contributed by atoms with Gasteiger partial charge in [-0.25, -0.2) is 0 Å². The Kier molecular flexibility index (Phi) is 6.99. The Balaban J connectivity index is 4.73. The fraction of sp³-hybridized carbons (Fsp3) is 1.00. The maximum atomic E-state index is 13.0. The molecular formula is C12H33O3PSi3. The third kappa shape index (κ3) is 12.3. The van der Waals surface area contributed by atoms with E-state index in [1.54, 1.807) is 0 Å². The lowest BCUT2D eigenvalue weighted by atomic mass is 10.6. The van der Waals surface area contributed by atoms with E-state index in [1.807, 2.05) is 0 Å². The predicted octanol–water partition coefficient (Wildman–Crippen LogP) is 5.61. The smallest absolute Gasteiger partial charge is 0.311 e. The minimum Gasteiger partial charge on any atom is -0.352 e. The summed E-state index contributed by atoms with van der Waals surface area (Å²) in [6.45, 7) is 19.5. The first-order chi connectivity index (χ1) is 8.12. The van der Waals surface area contributed by atoms with Gasteiger partial charge in [-0.1, -0.05) is 25.7 Å². The van der Waals surface area contributed by atoms with Crippen molar-refractivity contribution in [3.05, 3.63) is 0 Å². The van der Waals surface area contributed by atoms with Crippen molar-refractivity contribution >= 4 is 32.3 Å². The van der Waals surface area contributed by atoms with Crippen molar-refractivity contribution in [3.8, 4) is 0 Å². The summed E-state index contributed by atoms with van der Waals surface area (Å²) < 4.78 is 24.8. The Labute approximate surface area is 123 Å². The zero-order chi connectivity index (χ0) is 15.5. The van der Waals surface area contributed by atoms with Crippen LogP contribution in [0.1, 0.15) is 6.42 Å². The summed E-state index contributed by atoms with van der Waals surface area (Å²) in [5, 5.41) is 0. The van der Waals surface area contributed by atoms with Crippen molar-refractivity contribution in [2.45, 2.75) is 71.4 Å². The first kappa shape index (κ1) is 19.8. The molecule has 0 radical (unpaired) electrons. The van der Waals surface area contributed by atoms with Crippen LogP contribution in [-0.4, -0.2) is 30.9 Å². The summed E-state index contributed by atoms with van der Waals surface area (Å²) >= 11 is 0. The molecule has 3 nitrogen and oxygen atoms in total. The number of rotatable bonds is 8. The van der Waals surface area contributed by atoms with Gasteiger partial charge in [0.25, 0.3) is 0 Å². The van der Waals surface area contributed by atoms with Crippen LogP contribution < -0.4 is 0 Å². The van der Waals surface area contributed by atoms with E-state index in [-0.39, 0.29) is 0 Å². The molecule has 19 heavy (non-hydrogen) atoms. The molecule has 0 saturated heterocycles. The van der Waals surface area contributed by atoms with Crippen LogP contribution in [0.15, 0.2) is 0 Å². The SMILES string of the molecule is C[Si](C)(C)CCCP(=O)(O[Si](C)(C)C)O[Si](C)(C)C. The van der Waals surface area contributed by atoms with Crippen LogP contribution in [0.3, 0.4) is 0 Å². The van der Waals surface area contributed by atoms with Crippen LogP contribution in [0.25, 0.3) is 0 Å². The number of hydrogen-bond donors (Lipinski definition) is 0. The quantitative estimate of drug-likeness (QED) is 0.425. The first-order valence-corrected chi connectivity index (χ1v) is 19.4. The molecular weight excluding hydrogens is 307 g/mol. The summed E-state index contributed by atoms with van der Waals surface area (Å²) in [5.74, 6) is 0. The highest BCUT2D eigenvalue weighted by Gasteiger charge is 2.36. The maximum absolute atomic E-state index is 13.0. The average molecular weight is 341 g/mol. The van der Waals surface area contributed by atoms with Crippen molar-refractivity contribution in [1.29, 1.82) is 0 Å². The topological polar surface area (TPSA) is 35.5 Å². The lowest BCUT2D eigenvalue weighted by molar-refractivity contribution is 0.382. The van der Waals surface area contributed by atoms with Crippen LogP contribution in [0.5, 0.6) is 0 Å². The van der Waals surface area contributed by atoms with Crippen molar-refractivity contribution in [1.82, 2.24) is 0 Å². The molecule has 0 aliphatic heterocycles. The van der Waals surface area contributed by atoms with Gasteiger partial charge in [0.05, 0.1) is 0 Å². The van der Waals surface area contributed by atoms with Gasteiger partial charge in [-0.15, -0.1) is 0 Å². The van der Waals surface area contributed by atoms with Crippen molar-refractivity contribution in [3.63, 3.8) is 0 Å². The molecule has 0 N–H and O–H groups in total. The summed E-state index contributed by atoms with van der Waals surface area (Å²) in [6, 6.07) is 1.18. The third-order valence-electron chi connectivity index (χ3n) is 2.18. The monoisotopic (exact) mass is 340 g/mol. The van der Waals surface area contributed by atoms with Gasteiger partial charge in [0, 0.05) is 14.2 Å². The van der Waals surface area contributed by atoms with Crippen LogP contribution in [0.2, 0.25) is 65.0 Å². The minimum atomic E-state index is -2.90. The zero-order valence-corrected chi connectivity index (χ0v) is 18.2. The fourth-order valence-electron chi connectivity index (χ4n) is 1.75. The molecule has 0 unspecified atom stereocenters. The van der Waals surface area contributed by atoms with Gasteiger partial charge in [0.2, 0.25) is 0 Å². The van der Waals surface area contributed by atoms with Crippen LogP contribution in [0.4, 0.5) is 0 Å². The molecule has 0 saturated carbocycles. The molecule has 0 atom stereocenters. The largest absolute Gasteiger partial charge is 0.352 e. The molecule has 0 aliphatic carbocycles. The van der Waals surface area contributed by atoms with Gasteiger partial charge in [-0.3, -0.25) is 4.57 Å². The van der Waals surface area contributed by atoms with E-state index in [9.17, 15) is 4.57 Å². The lowest BCUT2D eigenvalue weighted by Gasteiger charge is -2.31. The second-order valence-electron chi connectivity index (χ2n) is 8.41. The summed E-state index contributed by atoms with van der Waals surface area (Å²) in [6.07, 6.45) is 1.55. The minimum absolute atomic E-state index is 0.589. The maximum Gasteiger partial charge on any atom is 0.311 e. The molecule has 0 fully saturated rings. The van der Waals surface area contributed by atoms with Crippen LogP contribution >= 0.6 is 7.60 Å². The van der Waals surface area contributed by atoms with E-state index >= 15 is 0 Å². The lowest BCUT2D eigenvalue weighted by Crippen LogP contribution is -2.31. The van der Waals surface area contributed by atoms with Gasteiger partial charge < -0.3 is 8.43 Å². The van der Waals surface area contributed by atoms with Gasteiger partial charge in [-0.2, -0.15) is 0 Å². The molecule has 0 amide bonds. The Morgan fingerprint density at radius 3 is 1.42 bits per heavy atom. The van der Waals surface area contributed by atoms with Crippen molar-refractivity contribution in [2.75, 3.05) is 6.16 Å². The highest BCUT2D eigenvalue weighted by molar-refractivity contribution is 7.57. The zero-order valence-electron chi connectivity index (χ0n) is 14.3. The number of hydrogen-bond acceptors (Lipinski definition) is 3. The molecule has 0 aromatic rings. The van der Waals surface area contributed by atoms with E-state index in [2.05, 4.69) is 58.9 Å². The third-order valence-corrected chi connectivity index (χ3v) is 11.5. The molecule has 0 aromatic heterocycles. The van der Waals surface area contributed by atoms with Crippen molar-refractivity contribution < 1.29 is 13.0 Å². The van der Waals surface area contributed by atoms with Gasteiger partial charge in [-0.05, 0) is 45.7 Å². The van der Waals surface area contributed by atoms with Gasteiger partial charge in [0.15, 0.2) is 16.6 Å². The van der Waals surface area contributed by atoms with E-state index < -0.39 is 32.3 Å². The van der Waals surface area contributed by atoms with E-state index in [1.165, 1.54) is 6.04 Å². The molecule has 0 aromatic carbocycles. The van der Waals surface area contributed by atoms with Crippen LogP contribution in [-0.2, 0) is 13.0 Å². The van der Waals surface area contributed by atoms with Crippen LogP contribution in [0, 0.1) is 0 Å². The molecule has 0 rings (SSSR count). The molecule has 0 bridgehead atoms. The predicted molar refractivity (Wildman–Crippen MR) is 94.1 cm³/mol. The Bertz CT molecular complexity index is 307. The second kappa shape index (κ2) is 6.71. The summed E-state index contributed by atoms with van der Waals surface area (Å²) in [5.41, 5.74) is 0. The van der Waals surface area contributed by atoms with Crippen molar-refractivity contribution in [2.24, 2.45) is 0 Å². The van der Waals surface area contributed by atoms with E-state index in [0.29, 0.717) is 6.16 Å². The molecule has 0 spiro atoms. The summed E-state index contributed by atoms with van der Waals surface area (Å²) in [7, 11) is -7.67.